The minimum atomic E-state index is -0.0573. The average Bonchev–Trinajstić information content (AvgIpc) is 2.51. The first-order valence-corrected chi connectivity index (χ1v) is 8.59. The van der Waals surface area contributed by atoms with Gasteiger partial charge in [-0.1, -0.05) is 50.6 Å². The van der Waals surface area contributed by atoms with E-state index in [1.165, 1.54) is 12.0 Å². The molecule has 3 nitrogen and oxygen atoms in total. The first kappa shape index (κ1) is 17.0. The van der Waals surface area contributed by atoms with Gasteiger partial charge in [-0.15, -0.1) is 0 Å². The van der Waals surface area contributed by atoms with Crippen LogP contribution in [-0.4, -0.2) is 30.1 Å². The van der Waals surface area contributed by atoms with Crippen LogP contribution in [0.15, 0.2) is 30.3 Å². The van der Waals surface area contributed by atoms with Crippen molar-refractivity contribution >= 4 is 5.97 Å². The van der Waals surface area contributed by atoms with Gasteiger partial charge in [0.05, 0.1) is 13.0 Å². The number of piperidine rings is 1. The molecule has 22 heavy (non-hydrogen) atoms. The van der Waals surface area contributed by atoms with Gasteiger partial charge >= 0.3 is 5.97 Å². The second-order valence-electron chi connectivity index (χ2n) is 6.37. The van der Waals surface area contributed by atoms with Crippen LogP contribution in [0.1, 0.15) is 45.6 Å². The minimum Gasteiger partial charge on any atom is -0.466 e. The van der Waals surface area contributed by atoms with Gasteiger partial charge in [0.2, 0.25) is 0 Å². The zero-order chi connectivity index (χ0) is 15.9. The van der Waals surface area contributed by atoms with Crippen molar-refractivity contribution < 1.29 is 9.53 Å². The van der Waals surface area contributed by atoms with Crippen molar-refractivity contribution in [3.8, 4) is 0 Å². The maximum Gasteiger partial charge on any atom is 0.307 e. The molecule has 1 saturated heterocycles. The molecule has 0 unspecified atom stereocenters. The molecular weight excluding hydrogens is 274 g/mol. The van der Waals surface area contributed by atoms with Crippen molar-refractivity contribution in [2.24, 2.45) is 11.8 Å². The molecule has 0 aromatic heterocycles. The molecule has 1 aromatic carbocycles. The number of carbonyl (C=O) groups excluding carboxylic acids is 1. The molecule has 0 spiro atoms. The summed E-state index contributed by atoms with van der Waals surface area (Å²) in [4.78, 5) is 14.5. The quantitative estimate of drug-likeness (QED) is 0.747. The molecule has 1 aromatic rings. The van der Waals surface area contributed by atoms with Crippen LogP contribution in [0.25, 0.3) is 0 Å². The van der Waals surface area contributed by atoms with Crippen LogP contribution < -0.4 is 0 Å². The summed E-state index contributed by atoms with van der Waals surface area (Å²) in [6.07, 6.45) is 2.85. The number of hydrogen-bond acceptors (Lipinski definition) is 3. The maximum absolute atomic E-state index is 12.0. The fourth-order valence-electron chi connectivity index (χ4n) is 3.76. The van der Waals surface area contributed by atoms with Gasteiger partial charge in [0, 0.05) is 12.6 Å². The van der Waals surface area contributed by atoms with E-state index >= 15 is 0 Å². The number of ether oxygens (including phenoxy) is 1. The van der Waals surface area contributed by atoms with Crippen LogP contribution in [0.4, 0.5) is 0 Å². The summed E-state index contributed by atoms with van der Waals surface area (Å²) in [5, 5.41) is 0. The van der Waals surface area contributed by atoms with Gasteiger partial charge in [-0.05, 0) is 37.3 Å². The Hall–Kier alpha value is -1.35. The number of likely N-dealkylation sites (tertiary alicyclic amines) is 1. The van der Waals surface area contributed by atoms with Crippen LogP contribution in [0.2, 0.25) is 0 Å². The van der Waals surface area contributed by atoms with E-state index in [1.807, 2.05) is 13.0 Å². The predicted octanol–water partition coefficient (Wildman–Crippen LogP) is 3.88. The standard InChI is InChI=1S/C19H29NO2/c1-4-17-15(3)11-12-20(14-16-9-7-6-8-10-16)18(17)13-19(21)22-5-2/h6-10,15,17-18H,4-5,11-14H2,1-3H3/t15-,17+,18+/m1/s1. The van der Waals surface area contributed by atoms with E-state index < -0.39 is 0 Å². The second-order valence-corrected chi connectivity index (χ2v) is 6.37. The van der Waals surface area contributed by atoms with Gasteiger partial charge in [-0.3, -0.25) is 9.69 Å². The number of benzene rings is 1. The smallest absolute Gasteiger partial charge is 0.307 e. The highest BCUT2D eigenvalue weighted by Crippen LogP contribution is 2.34. The third-order valence-corrected chi connectivity index (χ3v) is 4.95. The number of rotatable bonds is 6. The maximum atomic E-state index is 12.0. The first-order chi connectivity index (χ1) is 10.7. The number of hydrogen-bond donors (Lipinski definition) is 0. The third-order valence-electron chi connectivity index (χ3n) is 4.95. The fraction of sp³-hybridized carbons (Fsp3) is 0.632. The van der Waals surface area contributed by atoms with Gasteiger partial charge in [-0.2, -0.15) is 0 Å². The van der Waals surface area contributed by atoms with E-state index in [9.17, 15) is 4.79 Å². The Kier molecular flexibility index (Phi) is 6.44. The molecule has 1 fully saturated rings. The molecule has 0 saturated carbocycles. The monoisotopic (exact) mass is 303 g/mol. The lowest BCUT2D eigenvalue weighted by molar-refractivity contribution is -0.146. The molecular formula is C19H29NO2. The van der Waals surface area contributed by atoms with E-state index in [2.05, 4.69) is 43.0 Å². The summed E-state index contributed by atoms with van der Waals surface area (Å²) >= 11 is 0. The summed E-state index contributed by atoms with van der Waals surface area (Å²) in [6.45, 7) is 8.90. The Morgan fingerprint density at radius 2 is 2.00 bits per heavy atom. The van der Waals surface area contributed by atoms with Crippen molar-refractivity contribution in [2.75, 3.05) is 13.2 Å². The molecule has 0 radical (unpaired) electrons. The van der Waals surface area contributed by atoms with E-state index in [1.54, 1.807) is 0 Å². The second kappa shape index (κ2) is 8.33. The summed E-state index contributed by atoms with van der Waals surface area (Å²) in [7, 11) is 0. The third kappa shape index (κ3) is 4.33. The lowest BCUT2D eigenvalue weighted by Crippen LogP contribution is -2.49. The molecule has 3 atom stereocenters. The normalized spacial score (nSPS) is 25.9. The molecule has 0 aliphatic carbocycles. The van der Waals surface area contributed by atoms with Crippen LogP contribution in [0.3, 0.4) is 0 Å². The molecule has 1 heterocycles. The number of esters is 1. The summed E-state index contributed by atoms with van der Waals surface area (Å²) in [5.74, 6) is 1.19. The van der Waals surface area contributed by atoms with Gasteiger partial charge in [-0.25, -0.2) is 0 Å². The number of carbonyl (C=O) groups is 1. The van der Waals surface area contributed by atoms with Gasteiger partial charge in [0.15, 0.2) is 0 Å². The predicted molar refractivity (Wildman–Crippen MR) is 89.5 cm³/mol. The summed E-state index contributed by atoms with van der Waals surface area (Å²) in [6, 6.07) is 10.8. The Morgan fingerprint density at radius 3 is 2.64 bits per heavy atom. The van der Waals surface area contributed by atoms with Crippen molar-refractivity contribution in [3.05, 3.63) is 35.9 Å². The van der Waals surface area contributed by atoms with Gasteiger partial charge < -0.3 is 4.74 Å². The van der Waals surface area contributed by atoms with E-state index in [4.69, 9.17) is 4.74 Å². The van der Waals surface area contributed by atoms with Crippen molar-refractivity contribution in [1.82, 2.24) is 4.90 Å². The molecule has 1 aliphatic rings. The largest absolute Gasteiger partial charge is 0.466 e. The lowest BCUT2D eigenvalue weighted by Gasteiger charge is -2.44. The summed E-state index contributed by atoms with van der Waals surface area (Å²) in [5.41, 5.74) is 1.32. The molecule has 3 heteroatoms. The van der Waals surface area contributed by atoms with Crippen molar-refractivity contribution in [3.63, 3.8) is 0 Å². The Morgan fingerprint density at radius 1 is 1.27 bits per heavy atom. The highest BCUT2D eigenvalue weighted by atomic mass is 16.5. The van der Waals surface area contributed by atoms with E-state index in [0.29, 0.717) is 30.9 Å². The zero-order valence-corrected chi connectivity index (χ0v) is 14.1. The molecule has 0 N–H and O–H groups in total. The van der Waals surface area contributed by atoms with E-state index in [0.717, 1.165) is 19.5 Å². The highest BCUT2D eigenvalue weighted by molar-refractivity contribution is 5.70. The zero-order valence-electron chi connectivity index (χ0n) is 14.1. The van der Waals surface area contributed by atoms with Crippen LogP contribution in [0.5, 0.6) is 0 Å². The Balaban J connectivity index is 2.11. The van der Waals surface area contributed by atoms with E-state index in [-0.39, 0.29) is 5.97 Å². The lowest BCUT2D eigenvalue weighted by atomic mass is 9.77. The van der Waals surface area contributed by atoms with Crippen molar-refractivity contribution in [2.45, 2.75) is 52.6 Å². The highest BCUT2D eigenvalue weighted by Gasteiger charge is 2.36. The molecule has 2 rings (SSSR count). The molecule has 0 bridgehead atoms. The fourth-order valence-corrected chi connectivity index (χ4v) is 3.76. The van der Waals surface area contributed by atoms with Crippen molar-refractivity contribution in [1.29, 1.82) is 0 Å². The SMILES string of the molecule is CCOC(=O)C[C@H]1[C@@H](CC)[C@H](C)CCN1Cc1ccccc1. The van der Waals surface area contributed by atoms with Gasteiger partial charge in [0.1, 0.15) is 0 Å². The molecule has 122 valence electrons. The number of nitrogens with zero attached hydrogens (tertiary/aromatic N) is 1. The average molecular weight is 303 g/mol. The Labute approximate surface area is 134 Å². The van der Waals surface area contributed by atoms with Crippen LogP contribution in [-0.2, 0) is 16.1 Å². The first-order valence-electron chi connectivity index (χ1n) is 8.59. The topological polar surface area (TPSA) is 29.5 Å². The molecule has 1 aliphatic heterocycles. The molecule has 0 amide bonds. The summed E-state index contributed by atoms with van der Waals surface area (Å²) < 4.78 is 5.21. The van der Waals surface area contributed by atoms with Crippen LogP contribution >= 0.6 is 0 Å². The Bertz CT molecular complexity index is 460. The van der Waals surface area contributed by atoms with Crippen LogP contribution in [0, 0.1) is 11.8 Å². The van der Waals surface area contributed by atoms with Gasteiger partial charge in [0.25, 0.3) is 0 Å². The minimum absolute atomic E-state index is 0.0573.